The van der Waals surface area contributed by atoms with E-state index >= 15 is 0 Å². The third kappa shape index (κ3) is 5.75. The third-order valence-electron chi connectivity index (χ3n) is 3.89. The van der Waals surface area contributed by atoms with Crippen LogP contribution in [-0.4, -0.2) is 42.5 Å². The summed E-state index contributed by atoms with van der Waals surface area (Å²) in [7, 11) is 0. The highest BCUT2D eigenvalue weighted by Crippen LogP contribution is 2.24. The van der Waals surface area contributed by atoms with Gasteiger partial charge in [-0.05, 0) is 32.4 Å². The lowest BCUT2D eigenvalue weighted by molar-refractivity contribution is -0.143. The zero-order valence-electron chi connectivity index (χ0n) is 15.6. The Balaban J connectivity index is 2.08. The van der Waals surface area contributed by atoms with E-state index in [9.17, 15) is 14.4 Å². The van der Waals surface area contributed by atoms with Gasteiger partial charge >= 0.3 is 18.0 Å². The van der Waals surface area contributed by atoms with Gasteiger partial charge in [-0.1, -0.05) is 25.1 Å². The van der Waals surface area contributed by atoms with Crippen LogP contribution in [0, 0.1) is 0 Å². The van der Waals surface area contributed by atoms with Crippen LogP contribution in [-0.2, 0) is 19.1 Å². The predicted octanol–water partition coefficient (Wildman–Crippen LogP) is 2.62. The lowest BCUT2D eigenvalue weighted by atomic mass is 10.0. The molecule has 0 spiro atoms. The zero-order chi connectivity index (χ0) is 19.8. The Morgan fingerprint density at radius 1 is 1.19 bits per heavy atom. The second-order valence-corrected chi connectivity index (χ2v) is 7.27. The minimum absolute atomic E-state index is 0.198. The van der Waals surface area contributed by atoms with E-state index < -0.39 is 29.3 Å². The van der Waals surface area contributed by atoms with E-state index in [0.717, 1.165) is 4.90 Å². The molecule has 2 rings (SSSR count). The van der Waals surface area contributed by atoms with Crippen LogP contribution in [0.2, 0.25) is 0 Å². The topological polar surface area (TPSA) is 93.7 Å². The number of carbonyl (C=O) groups excluding carboxylic acids is 3. The van der Waals surface area contributed by atoms with Gasteiger partial charge in [0.15, 0.2) is 0 Å². The Labute approximate surface area is 162 Å². The van der Waals surface area contributed by atoms with Gasteiger partial charge in [-0.2, -0.15) is 0 Å². The molecule has 1 aromatic carbocycles. The van der Waals surface area contributed by atoms with Crippen LogP contribution < -0.4 is 10.6 Å². The number of benzene rings is 1. The van der Waals surface area contributed by atoms with Crippen LogP contribution in [0.15, 0.2) is 46.5 Å². The van der Waals surface area contributed by atoms with E-state index in [0.29, 0.717) is 6.42 Å². The molecule has 0 fully saturated rings. The molecule has 1 aromatic rings. The molecule has 8 heteroatoms. The quantitative estimate of drug-likeness (QED) is 0.522. The van der Waals surface area contributed by atoms with E-state index in [2.05, 4.69) is 10.6 Å². The number of esters is 2. The maximum atomic E-state index is 12.3. The molecule has 2 atom stereocenters. The maximum Gasteiger partial charge on any atom is 0.338 e. The number of amides is 2. The van der Waals surface area contributed by atoms with Crippen LogP contribution in [0.25, 0.3) is 0 Å². The molecule has 2 amide bonds. The van der Waals surface area contributed by atoms with Gasteiger partial charge in [0.1, 0.15) is 11.9 Å². The number of ether oxygens (including phenoxy) is 2. The standard InChI is InChI=1S/C19H24N2O5S/c1-4-14-16(18(23)25-5-2)15(21-19(24)20-14)11-26-17(22)12(3)27-13-9-7-6-8-10-13/h6-10,12,14H,4-5,11H2,1-3H3,(H2,20,21,24)/t12-,14+/m1/s1. The number of hydrogen-bond acceptors (Lipinski definition) is 6. The molecule has 0 unspecified atom stereocenters. The molecule has 27 heavy (non-hydrogen) atoms. The minimum atomic E-state index is -0.533. The summed E-state index contributed by atoms with van der Waals surface area (Å²) >= 11 is 1.38. The van der Waals surface area contributed by atoms with E-state index in [4.69, 9.17) is 9.47 Å². The van der Waals surface area contributed by atoms with Crippen LogP contribution in [0.5, 0.6) is 0 Å². The fourth-order valence-electron chi connectivity index (χ4n) is 2.59. The van der Waals surface area contributed by atoms with Crippen LogP contribution in [0.4, 0.5) is 4.79 Å². The average Bonchev–Trinajstić information content (AvgIpc) is 2.66. The highest BCUT2D eigenvalue weighted by atomic mass is 32.2. The Hall–Kier alpha value is -2.48. The maximum absolute atomic E-state index is 12.3. The number of rotatable bonds is 8. The monoisotopic (exact) mass is 392 g/mol. The largest absolute Gasteiger partial charge is 0.463 e. The summed E-state index contributed by atoms with van der Waals surface area (Å²) in [5.74, 6) is -0.963. The SMILES string of the molecule is CCOC(=O)C1=C(COC(=O)[C@@H](C)Sc2ccccc2)NC(=O)N[C@H]1CC. The molecule has 0 bridgehead atoms. The Morgan fingerprint density at radius 2 is 1.89 bits per heavy atom. The summed E-state index contributed by atoms with van der Waals surface area (Å²) in [6.45, 7) is 5.31. The molecule has 1 heterocycles. The highest BCUT2D eigenvalue weighted by molar-refractivity contribution is 8.00. The first-order chi connectivity index (χ1) is 13.0. The first-order valence-electron chi connectivity index (χ1n) is 8.82. The van der Waals surface area contributed by atoms with E-state index in [1.807, 2.05) is 37.3 Å². The van der Waals surface area contributed by atoms with Gasteiger partial charge in [0.2, 0.25) is 0 Å². The number of urea groups is 1. The van der Waals surface area contributed by atoms with Crippen molar-refractivity contribution in [3.63, 3.8) is 0 Å². The molecule has 0 saturated heterocycles. The average molecular weight is 392 g/mol. The predicted molar refractivity (Wildman–Crippen MR) is 102 cm³/mol. The first-order valence-corrected chi connectivity index (χ1v) is 9.70. The number of carbonyl (C=O) groups is 3. The molecule has 146 valence electrons. The second-order valence-electron chi connectivity index (χ2n) is 5.85. The normalized spacial score (nSPS) is 17.6. The summed E-state index contributed by atoms with van der Waals surface area (Å²) in [5, 5.41) is 4.80. The molecule has 0 radical (unpaired) electrons. The number of thioether (sulfide) groups is 1. The van der Waals surface area contributed by atoms with E-state index in [-0.39, 0.29) is 24.5 Å². The number of nitrogens with one attached hydrogen (secondary N) is 2. The molecule has 0 saturated carbocycles. The lowest BCUT2D eigenvalue weighted by Crippen LogP contribution is -2.51. The van der Waals surface area contributed by atoms with Gasteiger partial charge in [0.25, 0.3) is 0 Å². The van der Waals surface area contributed by atoms with Crippen molar-refractivity contribution < 1.29 is 23.9 Å². The van der Waals surface area contributed by atoms with Crippen molar-refractivity contribution in [1.82, 2.24) is 10.6 Å². The van der Waals surface area contributed by atoms with Crippen molar-refractivity contribution in [1.29, 1.82) is 0 Å². The van der Waals surface area contributed by atoms with E-state index in [1.54, 1.807) is 13.8 Å². The van der Waals surface area contributed by atoms with Crippen molar-refractivity contribution in [2.75, 3.05) is 13.2 Å². The van der Waals surface area contributed by atoms with Crippen LogP contribution in [0.3, 0.4) is 0 Å². The van der Waals surface area contributed by atoms with Crippen molar-refractivity contribution in [3.8, 4) is 0 Å². The third-order valence-corrected chi connectivity index (χ3v) is 4.98. The summed E-state index contributed by atoms with van der Waals surface area (Å²) in [6.07, 6.45) is 0.513. The Morgan fingerprint density at radius 3 is 2.52 bits per heavy atom. The van der Waals surface area contributed by atoms with Crippen molar-refractivity contribution in [2.45, 2.75) is 43.4 Å². The Bertz CT molecular complexity index is 720. The molecule has 2 N–H and O–H groups in total. The van der Waals surface area contributed by atoms with E-state index in [1.165, 1.54) is 11.8 Å². The highest BCUT2D eigenvalue weighted by Gasteiger charge is 2.32. The molecular weight excluding hydrogens is 368 g/mol. The van der Waals surface area contributed by atoms with Crippen molar-refractivity contribution >= 4 is 29.7 Å². The molecule has 0 aromatic heterocycles. The van der Waals surface area contributed by atoms with Crippen molar-refractivity contribution in [3.05, 3.63) is 41.6 Å². The molecule has 0 aliphatic carbocycles. The smallest absolute Gasteiger partial charge is 0.338 e. The fraction of sp³-hybridized carbons (Fsp3) is 0.421. The van der Waals surface area contributed by atoms with Crippen molar-refractivity contribution in [2.24, 2.45) is 0 Å². The van der Waals surface area contributed by atoms with Gasteiger partial charge < -0.3 is 20.1 Å². The van der Waals surface area contributed by atoms with Gasteiger partial charge in [-0.25, -0.2) is 9.59 Å². The zero-order valence-corrected chi connectivity index (χ0v) is 16.4. The number of hydrogen-bond donors (Lipinski definition) is 2. The van der Waals surface area contributed by atoms with Crippen LogP contribution in [0.1, 0.15) is 27.2 Å². The van der Waals surface area contributed by atoms with Gasteiger partial charge in [0.05, 0.1) is 23.9 Å². The van der Waals surface area contributed by atoms with Gasteiger partial charge in [-0.15, -0.1) is 11.8 Å². The fourth-order valence-corrected chi connectivity index (χ4v) is 3.47. The lowest BCUT2D eigenvalue weighted by Gasteiger charge is -2.28. The van der Waals surface area contributed by atoms with Gasteiger partial charge in [-0.3, -0.25) is 4.79 Å². The molecular formula is C19H24N2O5S. The Kier molecular flexibility index (Phi) is 7.72. The molecule has 1 aliphatic rings. The van der Waals surface area contributed by atoms with Crippen LogP contribution >= 0.6 is 11.8 Å². The van der Waals surface area contributed by atoms with Gasteiger partial charge in [0, 0.05) is 4.90 Å². The first kappa shape index (κ1) is 20.8. The molecule has 1 aliphatic heterocycles. The summed E-state index contributed by atoms with van der Waals surface area (Å²) in [5.41, 5.74) is 0.546. The summed E-state index contributed by atoms with van der Waals surface area (Å²) in [6, 6.07) is 8.60. The minimum Gasteiger partial charge on any atom is -0.463 e. The molecule has 7 nitrogen and oxygen atoms in total. The second kappa shape index (κ2) is 10.0. The summed E-state index contributed by atoms with van der Waals surface area (Å²) in [4.78, 5) is 37.4. The summed E-state index contributed by atoms with van der Waals surface area (Å²) < 4.78 is 10.4.